The topological polar surface area (TPSA) is 128 Å². The van der Waals surface area contributed by atoms with Gasteiger partial charge in [0.2, 0.25) is 0 Å². The van der Waals surface area contributed by atoms with Crippen molar-refractivity contribution in [1.29, 1.82) is 0 Å². The number of likely N-dealkylation sites (tertiary alicyclic amines) is 1. The fourth-order valence-corrected chi connectivity index (χ4v) is 3.98. The van der Waals surface area contributed by atoms with Crippen molar-refractivity contribution in [3.63, 3.8) is 0 Å². The third kappa shape index (κ3) is 6.03. The first kappa shape index (κ1) is 27.5. The van der Waals surface area contributed by atoms with Crippen molar-refractivity contribution in [2.45, 2.75) is 38.5 Å². The largest absolute Gasteiger partial charge is 1.00 e. The van der Waals surface area contributed by atoms with Crippen LogP contribution in [0.2, 0.25) is 5.02 Å². The molecule has 1 unspecified atom stereocenters. The van der Waals surface area contributed by atoms with Gasteiger partial charge in [-0.15, -0.1) is 7.05 Å². The van der Waals surface area contributed by atoms with Gasteiger partial charge in [0.25, 0.3) is 0 Å². The zero-order valence-electron chi connectivity index (χ0n) is 18.8. The molecule has 168 valence electrons. The molecule has 4 heterocycles. The van der Waals surface area contributed by atoms with Crippen LogP contribution in [-0.4, -0.2) is 56.7 Å². The van der Waals surface area contributed by atoms with Crippen LogP contribution in [0.3, 0.4) is 0 Å². The first-order valence-electron chi connectivity index (χ1n) is 9.82. The Balaban J connectivity index is 0.00000181. The molecule has 0 radical (unpaired) electrons. The van der Waals surface area contributed by atoms with Gasteiger partial charge in [-0.05, 0) is 32.8 Å². The van der Waals surface area contributed by atoms with Crippen molar-refractivity contribution in [3.05, 3.63) is 41.0 Å². The van der Waals surface area contributed by atoms with Gasteiger partial charge in [0.1, 0.15) is 5.65 Å². The standard InChI is InChI=1S/C20H24ClFN7O.K.H3N/c1-20(2,30-23-3)29-6-4-5-13(11-29)27-19-16(22)10-26-18(28-19)15-9-25-17-14(15)7-12(21)8-24-17;;/h7-10,13H,4-6,11H2,1-3H3,(H,24,25)(H,26,27,28);;1H3/q-1;+1;. The van der Waals surface area contributed by atoms with E-state index in [0.29, 0.717) is 28.6 Å². The van der Waals surface area contributed by atoms with Crippen LogP contribution in [0.4, 0.5) is 10.2 Å². The van der Waals surface area contributed by atoms with Crippen molar-refractivity contribution in [2.75, 3.05) is 25.5 Å². The number of hydrogen-bond donors (Lipinski definition) is 3. The monoisotopic (exact) mass is 488 g/mol. The molecule has 1 saturated heterocycles. The zero-order valence-corrected chi connectivity index (χ0v) is 22.7. The van der Waals surface area contributed by atoms with E-state index in [1.54, 1.807) is 25.5 Å². The number of rotatable bonds is 6. The molecule has 1 atom stereocenters. The number of anilines is 1. The van der Waals surface area contributed by atoms with Crippen molar-refractivity contribution in [3.8, 4) is 11.4 Å². The van der Waals surface area contributed by atoms with Gasteiger partial charge in [0.15, 0.2) is 17.5 Å². The molecule has 9 nitrogen and oxygen atoms in total. The predicted molar refractivity (Wildman–Crippen MR) is 120 cm³/mol. The van der Waals surface area contributed by atoms with E-state index < -0.39 is 11.5 Å². The van der Waals surface area contributed by atoms with Gasteiger partial charge in [-0.2, -0.15) is 0 Å². The van der Waals surface area contributed by atoms with Crippen LogP contribution < -0.4 is 62.9 Å². The third-order valence-electron chi connectivity index (χ3n) is 5.32. The van der Waals surface area contributed by atoms with Gasteiger partial charge in [0.05, 0.1) is 16.9 Å². The molecule has 1 aliphatic rings. The second kappa shape index (κ2) is 11.6. The minimum absolute atomic E-state index is 0. The molecular formula is C20H27ClFKN8O. The summed E-state index contributed by atoms with van der Waals surface area (Å²) in [5, 5.41) is 4.54. The van der Waals surface area contributed by atoms with E-state index in [1.165, 1.54) is 6.20 Å². The SMILES string of the molecule is C[N-]OC(C)(C)N1CCCC(Nc2nc(-c3c[nH]c4ncc(Cl)cc34)ncc2F)C1.N.[K+]. The molecule has 0 aromatic carbocycles. The fraction of sp³-hybridized carbons (Fsp3) is 0.450. The van der Waals surface area contributed by atoms with Gasteiger partial charge in [-0.1, -0.05) is 11.6 Å². The molecule has 3 aromatic rings. The van der Waals surface area contributed by atoms with Crippen molar-refractivity contribution >= 4 is 28.5 Å². The summed E-state index contributed by atoms with van der Waals surface area (Å²) in [6.45, 7) is 5.53. The number of pyridine rings is 1. The Morgan fingerprint density at radius 2 is 2.12 bits per heavy atom. The Morgan fingerprint density at radius 1 is 1.34 bits per heavy atom. The summed E-state index contributed by atoms with van der Waals surface area (Å²) in [5.41, 5.74) is 4.67. The predicted octanol–water partition coefficient (Wildman–Crippen LogP) is 1.53. The molecule has 12 heteroatoms. The maximum atomic E-state index is 14.5. The first-order valence-corrected chi connectivity index (χ1v) is 10.2. The molecule has 0 spiro atoms. The zero-order chi connectivity index (χ0) is 21.3. The van der Waals surface area contributed by atoms with Gasteiger partial charge >= 0.3 is 51.4 Å². The number of aromatic amines is 1. The van der Waals surface area contributed by atoms with Crippen LogP contribution >= 0.6 is 11.6 Å². The quantitative estimate of drug-likeness (QED) is 0.354. The average molecular weight is 489 g/mol. The maximum absolute atomic E-state index is 14.5. The summed E-state index contributed by atoms with van der Waals surface area (Å²) in [6, 6.07) is 1.81. The van der Waals surface area contributed by atoms with E-state index in [2.05, 4.69) is 35.6 Å². The third-order valence-corrected chi connectivity index (χ3v) is 5.53. The number of nitrogens with zero attached hydrogens (tertiary/aromatic N) is 5. The molecular weight excluding hydrogens is 462 g/mol. The Kier molecular flexibility index (Phi) is 9.98. The number of piperidine rings is 1. The van der Waals surface area contributed by atoms with Gasteiger partial charge in [0, 0.05) is 42.5 Å². The Hall–Kier alpha value is -0.734. The van der Waals surface area contributed by atoms with Crippen molar-refractivity contribution in [2.24, 2.45) is 0 Å². The summed E-state index contributed by atoms with van der Waals surface area (Å²) in [6.07, 6.45) is 6.36. The van der Waals surface area contributed by atoms with Gasteiger partial charge in [-0.3, -0.25) is 4.90 Å². The van der Waals surface area contributed by atoms with Crippen LogP contribution in [0.1, 0.15) is 26.7 Å². The average Bonchev–Trinajstić information content (AvgIpc) is 3.13. The molecule has 1 fully saturated rings. The Bertz CT molecular complexity index is 1050. The normalized spacial score (nSPS) is 17.0. The molecule has 1 aliphatic heterocycles. The number of H-pyrrole nitrogens is 1. The minimum Gasteiger partial charge on any atom is -0.535 e. The van der Waals surface area contributed by atoms with Crippen molar-refractivity contribution in [1.82, 2.24) is 31.0 Å². The second-order valence-corrected chi connectivity index (χ2v) is 8.23. The van der Waals surface area contributed by atoms with E-state index >= 15 is 0 Å². The summed E-state index contributed by atoms with van der Waals surface area (Å²) in [4.78, 5) is 23.7. The molecule has 5 N–H and O–H groups in total. The number of nitrogens with one attached hydrogen (secondary N) is 2. The first-order chi connectivity index (χ1) is 14.4. The van der Waals surface area contributed by atoms with Crippen LogP contribution in [0.5, 0.6) is 0 Å². The van der Waals surface area contributed by atoms with Crippen LogP contribution in [0, 0.1) is 5.82 Å². The molecule has 4 rings (SSSR count). The summed E-state index contributed by atoms with van der Waals surface area (Å²) < 4.78 is 14.5. The second-order valence-electron chi connectivity index (χ2n) is 7.79. The number of hydroxylamine groups is 1. The van der Waals surface area contributed by atoms with Gasteiger partial charge < -0.3 is 26.8 Å². The Morgan fingerprint density at radius 3 is 2.88 bits per heavy atom. The molecule has 0 amide bonds. The number of halogens is 2. The van der Waals surface area contributed by atoms with Gasteiger partial charge in [-0.25, -0.2) is 19.3 Å². The van der Waals surface area contributed by atoms with E-state index in [-0.39, 0.29) is 69.4 Å². The minimum atomic E-state index is -0.527. The van der Waals surface area contributed by atoms with Crippen molar-refractivity contribution < 1.29 is 60.6 Å². The summed E-state index contributed by atoms with van der Waals surface area (Å²) in [5.74, 6) is 0.0800. The number of fused-ring (bicyclic) bond motifs is 1. The Labute approximate surface area is 234 Å². The smallest absolute Gasteiger partial charge is 0.535 e. The van der Waals surface area contributed by atoms with E-state index in [0.717, 1.165) is 24.8 Å². The summed E-state index contributed by atoms with van der Waals surface area (Å²) >= 11 is 6.08. The van der Waals surface area contributed by atoms with E-state index in [4.69, 9.17) is 16.4 Å². The molecule has 0 bridgehead atoms. The summed E-state index contributed by atoms with van der Waals surface area (Å²) in [7, 11) is 1.62. The fourth-order valence-electron chi connectivity index (χ4n) is 3.82. The van der Waals surface area contributed by atoms with E-state index in [1.807, 2.05) is 13.8 Å². The molecule has 0 saturated carbocycles. The van der Waals surface area contributed by atoms with Crippen LogP contribution in [-0.2, 0) is 4.84 Å². The molecule has 3 aromatic heterocycles. The maximum Gasteiger partial charge on any atom is 1.00 e. The molecule has 0 aliphatic carbocycles. The number of hydrogen-bond acceptors (Lipinski definition) is 7. The van der Waals surface area contributed by atoms with E-state index in [9.17, 15) is 4.39 Å². The van der Waals surface area contributed by atoms with Crippen LogP contribution in [0.25, 0.3) is 27.9 Å². The van der Waals surface area contributed by atoms with Crippen LogP contribution in [0.15, 0.2) is 24.7 Å². The molecule has 32 heavy (non-hydrogen) atoms. The number of aromatic nitrogens is 4.